The summed E-state index contributed by atoms with van der Waals surface area (Å²) in [5, 5.41) is 1.17. The quantitative estimate of drug-likeness (QED) is 0.484. The third-order valence-electron chi connectivity index (χ3n) is 4.20. The molecule has 2 aromatic rings. The van der Waals surface area contributed by atoms with Crippen molar-refractivity contribution >= 4 is 33.3 Å². The molecule has 0 N–H and O–H groups in total. The summed E-state index contributed by atoms with van der Waals surface area (Å²) in [5.41, 5.74) is 4.69. The van der Waals surface area contributed by atoms with Crippen LogP contribution >= 0.6 is 23.2 Å². The summed E-state index contributed by atoms with van der Waals surface area (Å²) in [4.78, 5) is 0. The van der Waals surface area contributed by atoms with E-state index in [2.05, 4.69) is 65.8 Å². The van der Waals surface area contributed by atoms with Crippen molar-refractivity contribution in [2.24, 2.45) is 0 Å². The van der Waals surface area contributed by atoms with Gasteiger partial charge in [-0.3, -0.25) is 0 Å². The summed E-state index contributed by atoms with van der Waals surface area (Å²) in [6, 6.07) is 16.6. The summed E-state index contributed by atoms with van der Waals surface area (Å²) in [6.45, 7) is 13.2. The van der Waals surface area contributed by atoms with Gasteiger partial charge in [-0.1, -0.05) is 113 Å². The van der Waals surface area contributed by atoms with Crippen LogP contribution in [0, 0.1) is 0 Å². The van der Waals surface area contributed by atoms with Crippen LogP contribution in [0.2, 0.25) is 0 Å². The lowest BCUT2D eigenvalue weighted by Crippen LogP contribution is -2.10. The molecule has 2 heteroatoms. The zero-order valence-corrected chi connectivity index (χ0v) is 16.9. The van der Waals surface area contributed by atoms with E-state index < -0.39 is 0 Å². The molecule has 0 aliphatic heterocycles. The minimum Gasteiger partial charge on any atom is -0.0820 e. The summed E-state index contributed by atoms with van der Waals surface area (Å²) in [7, 11) is 0. The van der Waals surface area contributed by atoms with E-state index in [0.29, 0.717) is 10.1 Å². The van der Waals surface area contributed by atoms with E-state index >= 15 is 0 Å². The van der Waals surface area contributed by atoms with Gasteiger partial charge in [0.05, 0.1) is 10.1 Å². The van der Waals surface area contributed by atoms with Crippen molar-refractivity contribution in [2.45, 2.75) is 52.4 Å². The first-order valence-electron chi connectivity index (χ1n) is 8.27. The normalized spacial score (nSPS) is 13.7. The Morgan fingerprint density at radius 3 is 1.00 bits per heavy atom. The first-order chi connectivity index (χ1) is 11.0. The Bertz CT molecular complexity index is 656. The second kappa shape index (κ2) is 6.94. The lowest BCUT2D eigenvalue weighted by atomic mass is 9.86. The molecule has 0 unspecified atom stereocenters. The van der Waals surface area contributed by atoms with Crippen molar-refractivity contribution in [3.05, 3.63) is 70.8 Å². The van der Waals surface area contributed by atoms with Gasteiger partial charge >= 0.3 is 0 Å². The highest BCUT2D eigenvalue weighted by atomic mass is 35.5. The average molecular weight is 361 g/mol. The molecule has 0 atom stereocenters. The molecule has 0 saturated heterocycles. The van der Waals surface area contributed by atoms with E-state index in [4.69, 9.17) is 23.2 Å². The maximum atomic E-state index is 6.54. The zero-order chi connectivity index (χ0) is 18.1. The minimum absolute atomic E-state index is 0.126. The van der Waals surface area contributed by atoms with Crippen LogP contribution in [0.15, 0.2) is 48.5 Å². The highest BCUT2D eigenvalue weighted by molar-refractivity contribution is 6.65. The summed E-state index contributed by atoms with van der Waals surface area (Å²) in [5.74, 6) is 0. The average Bonchev–Trinajstić information content (AvgIpc) is 2.52. The number of halogens is 2. The molecular formula is C22H26Cl2. The van der Waals surface area contributed by atoms with Crippen LogP contribution in [-0.4, -0.2) is 0 Å². The molecular weight excluding hydrogens is 335 g/mol. The van der Waals surface area contributed by atoms with Gasteiger partial charge in [0.15, 0.2) is 0 Å². The number of rotatable bonds is 2. The fraction of sp³-hybridized carbons (Fsp3) is 0.364. The van der Waals surface area contributed by atoms with Crippen molar-refractivity contribution in [2.75, 3.05) is 0 Å². The summed E-state index contributed by atoms with van der Waals surface area (Å²) < 4.78 is 0. The third-order valence-corrected chi connectivity index (χ3v) is 5.11. The van der Waals surface area contributed by atoms with Crippen molar-refractivity contribution in [1.29, 1.82) is 0 Å². The number of hydrogen-bond acceptors (Lipinski definition) is 0. The molecule has 2 rings (SSSR count). The Hall–Kier alpha value is -1.24. The predicted molar refractivity (Wildman–Crippen MR) is 109 cm³/mol. The monoisotopic (exact) mass is 360 g/mol. The molecule has 0 aliphatic rings. The van der Waals surface area contributed by atoms with E-state index in [0.717, 1.165) is 11.1 Å². The Balaban J connectivity index is 2.33. The van der Waals surface area contributed by atoms with Gasteiger partial charge in [-0.25, -0.2) is 0 Å². The van der Waals surface area contributed by atoms with Crippen LogP contribution < -0.4 is 0 Å². The highest BCUT2D eigenvalue weighted by Gasteiger charge is 2.16. The molecule has 0 amide bonds. The molecule has 0 aliphatic carbocycles. The van der Waals surface area contributed by atoms with E-state index in [9.17, 15) is 0 Å². The van der Waals surface area contributed by atoms with Crippen LogP contribution in [0.1, 0.15) is 63.8 Å². The molecule has 0 radical (unpaired) electrons. The molecule has 0 heterocycles. The SMILES string of the molecule is CC(C)(C)c1ccc(C(Cl)=C(Cl)c2ccc(C(C)(C)C)cc2)cc1. The van der Waals surface area contributed by atoms with Crippen LogP contribution in [0.5, 0.6) is 0 Å². The van der Waals surface area contributed by atoms with Crippen molar-refractivity contribution < 1.29 is 0 Å². The van der Waals surface area contributed by atoms with Gasteiger partial charge in [0, 0.05) is 0 Å². The second-order valence-electron chi connectivity index (χ2n) is 8.28. The molecule has 0 fully saturated rings. The van der Waals surface area contributed by atoms with Crippen LogP contribution in [0.25, 0.3) is 10.1 Å². The van der Waals surface area contributed by atoms with Gasteiger partial charge < -0.3 is 0 Å². The van der Waals surface area contributed by atoms with E-state index in [1.54, 1.807) is 0 Å². The standard InChI is InChI=1S/C22H26Cl2/c1-21(2,3)17-11-7-15(8-12-17)19(23)20(24)16-9-13-18(14-10-16)22(4,5)6/h7-14H,1-6H3. The minimum atomic E-state index is 0.126. The second-order valence-corrected chi connectivity index (χ2v) is 9.04. The van der Waals surface area contributed by atoms with Crippen LogP contribution in [0.3, 0.4) is 0 Å². The van der Waals surface area contributed by atoms with Gasteiger partial charge in [0.1, 0.15) is 0 Å². The Labute approximate surface area is 156 Å². The Kier molecular flexibility index (Phi) is 5.52. The van der Waals surface area contributed by atoms with Crippen molar-refractivity contribution in [3.8, 4) is 0 Å². The van der Waals surface area contributed by atoms with E-state index in [-0.39, 0.29) is 10.8 Å². The predicted octanol–water partition coefficient (Wildman–Crippen LogP) is 7.59. The summed E-state index contributed by atoms with van der Waals surface area (Å²) in [6.07, 6.45) is 0. The fourth-order valence-corrected chi connectivity index (χ4v) is 2.96. The molecule has 128 valence electrons. The first-order valence-corrected chi connectivity index (χ1v) is 9.03. The lowest BCUT2D eigenvalue weighted by molar-refractivity contribution is 0.590. The summed E-state index contributed by atoms with van der Waals surface area (Å²) >= 11 is 13.1. The first kappa shape index (κ1) is 19.1. The van der Waals surface area contributed by atoms with Gasteiger partial charge in [-0.15, -0.1) is 0 Å². The van der Waals surface area contributed by atoms with Gasteiger partial charge in [0.25, 0.3) is 0 Å². The Morgan fingerprint density at radius 1 is 0.542 bits per heavy atom. The smallest absolute Gasteiger partial charge is 0.0670 e. The van der Waals surface area contributed by atoms with Crippen molar-refractivity contribution in [3.63, 3.8) is 0 Å². The van der Waals surface area contributed by atoms with E-state index in [1.165, 1.54) is 11.1 Å². The topological polar surface area (TPSA) is 0 Å². The Morgan fingerprint density at radius 2 is 0.792 bits per heavy atom. The van der Waals surface area contributed by atoms with Gasteiger partial charge in [0.2, 0.25) is 0 Å². The maximum absolute atomic E-state index is 6.54. The molecule has 0 bridgehead atoms. The molecule has 0 nitrogen and oxygen atoms in total. The van der Waals surface area contributed by atoms with Crippen LogP contribution in [0.4, 0.5) is 0 Å². The third kappa shape index (κ3) is 4.43. The molecule has 0 aromatic heterocycles. The lowest BCUT2D eigenvalue weighted by Gasteiger charge is -2.19. The fourth-order valence-electron chi connectivity index (χ4n) is 2.49. The number of benzene rings is 2. The zero-order valence-electron chi connectivity index (χ0n) is 15.4. The van der Waals surface area contributed by atoms with Gasteiger partial charge in [-0.05, 0) is 33.1 Å². The molecule has 0 spiro atoms. The van der Waals surface area contributed by atoms with Crippen molar-refractivity contribution in [1.82, 2.24) is 0 Å². The molecule has 0 saturated carbocycles. The highest BCUT2D eigenvalue weighted by Crippen LogP contribution is 2.34. The maximum Gasteiger partial charge on any atom is 0.0670 e. The number of hydrogen-bond donors (Lipinski definition) is 0. The molecule has 2 aromatic carbocycles. The molecule has 24 heavy (non-hydrogen) atoms. The van der Waals surface area contributed by atoms with Gasteiger partial charge in [-0.2, -0.15) is 0 Å². The van der Waals surface area contributed by atoms with E-state index in [1.807, 2.05) is 24.3 Å². The largest absolute Gasteiger partial charge is 0.0820 e. The van der Waals surface area contributed by atoms with Crippen LogP contribution in [-0.2, 0) is 10.8 Å².